The van der Waals surface area contributed by atoms with E-state index in [9.17, 15) is 4.79 Å². The summed E-state index contributed by atoms with van der Waals surface area (Å²) in [4.78, 5) is 14.4. The van der Waals surface area contributed by atoms with Gasteiger partial charge in [0.25, 0.3) is 5.91 Å². The monoisotopic (exact) mass is 308 g/mol. The first-order valence-electron chi connectivity index (χ1n) is 8.26. The Labute approximate surface area is 132 Å². The molecule has 0 atom stereocenters. The minimum Gasteiger partial charge on any atom is -0.351 e. The van der Waals surface area contributed by atoms with Crippen molar-refractivity contribution in [1.29, 1.82) is 0 Å². The van der Waals surface area contributed by atoms with Crippen molar-refractivity contribution in [3.8, 4) is 0 Å². The summed E-state index contributed by atoms with van der Waals surface area (Å²) in [6, 6.07) is 0. The van der Waals surface area contributed by atoms with Gasteiger partial charge in [0.15, 0.2) is 5.69 Å². The first kappa shape index (κ1) is 16.9. The first-order valence-corrected chi connectivity index (χ1v) is 8.26. The number of hydrogen-bond acceptors (Lipinski definition) is 5. The van der Waals surface area contributed by atoms with E-state index >= 15 is 0 Å². The molecule has 1 aromatic heterocycles. The van der Waals surface area contributed by atoms with Crippen molar-refractivity contribution in [2.45, 2.75) is 33.2 Å². The van der Waals surface area contributed by atoms with Crippen molar-refractivity contribution in [3.63, 3.8) is 0 Å². The maximum absolute atomic E-state index is 12.0. The van der Waals surface area contributed by atoms with Crippen LogP contribution >= 0.6 is 0 Å². The number of carbonyl (C=O) groups excluding carboxylic acids is 1. The number of piperazine rings is 1. The molecule has 1 aliphatic rings. The Balaban J connectivity index is 1.64. The number of amides is 1. The number of nitrogens with zero attached hydrogens (tertiary/aromatic N) is 4. The van der Waals surface area contributed by atoms with Crippen LogP contribution in [-0.4, -0.2) is 65.1 Å². The molecule has 1 fully saturated rings. The van der Waals surface area contributed by atoms with Gasteiger partial charge in [-0.05, 0) is 25.3 Å². The van der Waals surface area contributed by atoms with E-state index in [1.165, 1.54) is 0 Å². The normalized spacial score (nSPS) is 16.1. The van der Waals surface area contributed by atoms with Crippen LogP contribution in [0.1, 0.15) is 37.2 Å². The summed E-state index contributed by atoms with van der Waals surface area (Å²) in [7, 11) is 0. The van der Waals surface area contributed by atoms with Gasteiger partial charge in [-0.3, -0.25) is 9.48 Å². The van der Waals surface area contributed by atoms with Crippen molar-refractivity contribution in [2.24, 2.45) is 5.92 Å². The molecule has 1 aliphatic heterocycles. The topological polar surface area (TPSA) is 75.1 Å². The van der Waals surface area contributed by atoms with Crippen LogP contribution in [0.15, 0.2) is 6.20 Å². The molecule has 7 heteroatoms. The zero-order valence-corrected chi connectivity index (χ0v) is 13.7. The van der Waals surface area contributed by atoms with Gasteiger partial charge in [0.2, 0.25) is 0 Å². The number of carbonyl (C=O) groups is 1. The Hall–Kier alpha value is -1.47. The van der Waals surface area contributed by atoms with Gasteiger partial charge in [0.1, 0.15) is 0 Å². The second-order valence-corrected chi connectivity index (χ2v) is 6.25. The average molecular weight is 308 g/mol. The standard InChI is InChI=1S/C15H28N6O/c1-13(2)4-9-21-12-14(18-19-21)15(22)17-5-3-8-20-10-6-16-7-11-20/h12-13,16H,3-11H2,1-2H3,(H,17,22). The lowest BCUT2D eigenvalue weighted by Crippen LogP contribution is -2.44. The zero-order valence-electron chi connectivity index (χ0n) is 13.7. The molecule has 124 valence electrons. The van der Waals surface area contributed by atoms with Crippen LogP contribution in [0.3, 0.4) is 0 Å². The predicted octanol–water partition coefficient (Wildman–Crippen LogP) is 0.349. The molecule has 0 aromatic carbocycles. The van der Waals surface area contributed by atoms with E-state index in [2.05, 4.69) is 39.7 Å². The highest BCUT2D eigenvalue weighted by Crippen LogP contribution is 2.02. The van der Waals surface area contributed by atoms with Crippen LogP contribution in [0.4, 0.5) is 0 Å². The summed E-state index contributed by atoms with van der Waals surface area (Å²) < 4.78 is 1.75. The van der Waals surface area contributed by atoms with Crippen molar-refractivity contribution in [3.05, 3.63) is 11.9 Å². The zero-order chi connectivity index (χ0) is 15.8. The number of aryl methyl sites for hydroxylation is 1. The second-order valence-electron chi connectivity index (χ2n) is 6.25. The largest absolute Gasteiger partial charge is 0.351 e. The molecular weight excluding hydrogens is 280 g/mol. The fourth-order valence-electron chi connectivity index (χ4n) is 2.43. The van der Waals surface area contributed by atoms with Crippen molar-refractivity contribution >= 4 is 5.91 Å². The van der Waals surface area contributed by atoms with E-state index in [0.717, 1.165) is 52.1 Å². The SMILES string of the molecule is CC(C)CCn1cc(C(=O)NCCCN2CCNCC2)nn1. The number of rotatable bonds is 8. The summed E-state index contributed by atoms with van der Waals surface area (Å²) in [6.07, 6.45) is 3.73. The molecule has 0 bridgehead atoms. The van der Waals surface area contributed by atoms with Crippen LogP contribution < -0.4 is 10.6 Å². The van der Waals surface area contributed by atoms with Gasteiger partial charge in [-0.2, -0.15) is 0 Å². The second kappa shape index (κ2) is 8.85. The van der Waals surface area contributed by atoms with Gasteiger partial charge < -0.3 is 15.5 Å². The number of nitrogens with one attached hydrogen (secondary N) is 2. The smallest absolute Gasteiger partial charge is 0.273 e. The highest BCUT2D eigenvalue weighted by molar-refractivity contribution is 5.91. The predicted molar refractivity (Wildman–Crippen MR) is 85.7 cm³/mol. The van der Waals surface area contributed by atoms with E-state index in [-0.39, 0.29) is 5.91 Å². The lowest BCUT2D eigenvalue weighted by Gasteiger charge is -2.26. The third kappa shape index (κ3) is 5.73. The van der Waals surface area contributed by atoms with Crippen LogP contribution in [0, 0.1) is 5.92 Å². The fourth-order valence-corrected chi connectivity index (χ4v) is 2.43. The van der Waals surface area contributed by atoms with Crippen LogP contribution in [-0.2, 0) is 6.54 Å². The van der Waals surface area contributed by atoms with E-state index in [1.807, 2.05) is 0 Å². The van der Waals surface area contributed by atoms with Gasteiger partial charge in [0.05, 0.1) is 6.20 Å². The van der Waals surface area contributed by atoms with E-state index in [0.29, 0.717) is 18.2 Å². The van der Waals surface area contributed by atoms with E-state index in [4.69, 9.17) is 0 Å². The summed E-state index contributed by atoms with van der Waals surface area (Å²) in [5, 5.41) is 14.2. The molecule has 0 unspecified atom stereocenters. The minimum absolute atomic E-state index is 0.129. The molecule has 1 aromatic rings. The Morgan fingerprint density at radius 3 is 2.86 bits per heavy atom. The Bertz CT molecular complexity index is 453. The lowest BCUT2D eigenvalue weighted by atomic mass is 10.1. The molecule has 0 saturated carbocycles. The molecular formula is C15H28N6O. The number of aromatic nitrogens is 3. The maximum atomic E-state index is 12.0. The van der Waals surface area contributed by atoms with Crippen molar-refractivity contribution in [2.75, 3.05) is 39.3 Å². The lowest BCUT2D eigenvalue weighted by molar-refractivity contribution is 0.0946. The average Bonchev–Trinajstić information content (AvgIpc) is 2.99. The maximum Gasteiger partial charge on any atom is 0.273 e. The highest BCUT2D eigenvalue weighted by atomic mass is 16.2. The molecule has 22 heavy (non-hydrogen) atoms. The molecule has 2 N–H and O–H groups in total. The molecule has 0 aliphatic carbocycles. The third-order valence-electron chi connectivity index (χ3n) is 3.85. The van der Waals surface area contributed by atoms with Gasteiger partial charge in [0, 0.05) is 39.3 Å². The quantitative estimate of drug-likeness (QED) is 0.678. The molecule has 7 nitrogen and oxygen atoms in total. The highest BCUT2D eigenvalue weighted by Gasteiger charge is 2.12. The Morgan fingerprint density at radius 1 is 1.36 bits per heavy atom. The Kier molecular flexibility index (Phi) is 6.79. The Morgan fingerprint density at radius 2 is 2.14 bits per heavy atom. The minimum atomic E-state index is -0.129. The van der Waals surface area contributed by atoms with E-state index < -0.39 is 0 Å². The molecule has 0 spiro atoms. The molecule has 2 heterocycles. The molecule has 0 radical (unpaired) electrons. The third-order valence-corrected chi connectivity index (χ3v) is 3.85. The van der Waals surface area contributed by atoms with Gasteiger partial charge in [-0.1, -0.05) is 19.1 Å². The molecule has 2 rings (SSSR count). The summed E-state index contributed by atoms with van der Waals surface area (Å²) in [6.45, 7) is 11.2. The fraction of sp³-hybridized carbons (Fsp3) is 0.800. The summed E-state index contributed by atoms with van der Waals surface area (Å²) in [5.41, 5.74) is 0.408. The van der Waals surface area contributed by atoms with Crippen LogP contribution in [0.2, 0.25) is 0 Å². The summed E-state index contributed by atoms with van der Waals surface area (Å²) in [5.74, 6) is 0.488. The van der Waals surface area contributed by atoms with Crippen LogP contribution in [0.25, 0.3) is 0 Å². The van der Waals surface area contributed by atoms with Crippen LogP contribution in [0.5, 0.6) is 0 Å². The van der Waals surface area contributed by atoms with Gasteiger partial charge in [-0.15, -0.1) is 5.10 Å². The molecule has 1 saturated heterocycles. The molecule has 1 amide bonds. The van der Waals surface area contributed by atoms with Crippen molar-refractivity contribution in [1.82, 2.24) is 30.5 Å². The van der Waals surface area contributed by atoms with Gasteiger partial charge >= 0.3 is 0 Å². The number of hydrogen-bond donors (Lipinski definition) is 2. The first-order chi connectivity index (χ1) is 10.6. The summed E-state index contributed by atoms with van der Waals surface area (Å²) >= 11 is 0. The van der Waals surface area contributed by atoms with Gasteiger partial charge in [-0.25, -0.2) is 0 Å². The van der Waals surface area contributed by atoms with E-state index in [1.54, 1.807) is 10.9 Å². The van der Waals surface area contributed by atoms with Crippen molar-refractivity contribution < 1.29 is 4.79 Å².